The molecular formula is C42H27N3. The summed E-state index contributed by atoms with van der Waals surface area (Å²) in [6, 6.07) is 56.7. The number of hydrogen-bond acceptors (Lipinski definition) is 1. The first kappa shape index (κ1) is 24.5. The van der Waals surface area contributed by atoms with E-state index in [9.17, 15) is 0 Å². The maximum atomic E-state index is 5.35. The molecule has 0 amide bonds. The number of pyridine rings is 1. The van der Waals surface area contributed by atoms with Crippen molar-refractivity contribution in [3.8, 4) is 28.1 Å². The molecule has 1 atom stereocenters. The van der Waals surface area contributed by atoms with E-state index in [1.54, 1.807) is 0 Å². The Labute approximate surface area is 260 Å². The lowest BCUT2D eigenvalue weighted by molar-refractivity contribution is 0.842. The average Bonchev–Trinajstić information content (AvgIpc) is 3.59. The van der Waals surface area contributed by atoms with Crippen LogP contribution in [0.25, 0.3) is 71.7 Å². The molecule has 0 bridgehead atoms. The van der Waals surface area contributed by atoms with E-state index in [0.29, 0.717) is 0 Å². The van der Waals surface area contributed by atoms with Gasteiger partial charge in [-0.2, -0.15) is 0 Å². The van der Waals surface area contributed by atoms with Crippen molar-refractivity contribution in [3.05, 3.63) is 169 Å². The fourth-order valence-corrected chi connectivity index (χ4v) is 7.49. The zero-order chi connectivity index (χ0) is 29.5. The van der Waals surface area contributed by atoms with Crippen LogP contribution in [0.3, 0.4) is 0 Å². The van der Waals surface area contributed by atoms with Gasteiger partial charge in [-0.25, -0.2) is 4.98 Å². The van der Waals surface area contributed by atoms with Gasteiger partial charge in [-0.15, -0.1) is 0 Å². The number of fused-ring (bicyclic) bond motifs is 8. The number of para-hydroxylation sites is 3. The molecule has 3 nitrogen and oxygen atoms in total. The van der Waals surface area contributed by atoms with Crippen LogP contribution in [0.2, 0.25) is 0 Å². The second kappa shape index (κ2) is 9.28. The van der Waals surface area contributed by atoms with Gasteiger partial charge in [0.2, 0.25) is 0 Å². The van der Waals surface area contributed by atoms with Gasteiger partial charge in [-0.3, -0.25) is 0 Å². The lowest BCUT2D eigenvalue weighted by atomic mass is 10.0. The molecule has 6 aromatic carbocycles. The molecular weight excluding hydrogens is 546 g/mol. The molecule has 0 fully saturated rings. The van der Waals surface area contributed by atoms with Crippen LogP contribution in [0, 0.1) is 0 Å². The Kier molecular flexibility index (Phi) is 5.06. The van der Waals surface area contributed by atoms with Gasteiger partial charge in [0.1, 0.15) is 6.04 Å². The molecule has 0 N–H and O–H groups in total. The van der Waals surface area contributed by atoms with Crippen molar-refractivity contribution >= 4 is 43.6 Å². The molecule has 0 saturated carbocycles. The molecule has 3 heteroatoms. The highest BCUT2D eigenvalue weighted by Gasteiger charge is 2.42. The molecule has 0 saturated heterocycles. The third-order valence-electron chi connectivity index (χ3n) is 9.47. The molecule has 10 rings (SSSR count). The van der Waals surface area contributed by atoms with Crippen molar-refractivity contribution < 1.29 is 0 Å². The number of nitrogens with zero attached hydrogens (tertiary/aromatic N) is 3. The zero-order valence-electron chi connectivity index (χ0n) is 24.4. The molecule has 3 heterocycles. The standard InChI is InChI=1S/C42H27N3/c1-4-14-27(15-5-1)34-26-35(28-16-6-2-7-17-28)43-39-38(34)42(39)45-37-23-13-11-21-31(37)33-25-24-32-30-20-10-12-22-36(30)44(40(32)41(33)45)29-18-8-3-9-19-29/h1-26,42H. The van der Waals surface area contributed by atoms with Gasteiger partial charge in [-0.1, -0.05) is 127 Å². The first-order valence-electron chi connectivity index (χ1n) is 15.5. The smallest absolute Gasteiger partial charge is 0.104 e. The van der Waals surface area contributed by atoms with Gasteiger partial charge >= 0.3 is 0 Å². The molecule has 0 aliphatic heterocycles. The molecule has 1 aliphatic carbocycles. The monoisotopic (exact) mass is 573 g/mol. The minimum atomic E-state index is 0.0351. The summed E-state index contributed by atoms with van der Waals surface area (Å²) in [5.74, 6) is 0. The number of rotatable bonds is 4. The van der Waals surface area contributed by atoms with Gasteiger partial charge in [0, 0.05) is 38.4 Å². The highest BCUT2D eigenvalue weighted by Crippen LogP contribution is 2.54. The van der Waals surface area contributed by atoms with Crippen molar-refractivity contribution in [1.29, 1.82) is 0 Å². The lowest BCUT2D eigenvalue weighted by Gasteiger charge is -2.12. The van der Waals surface area contributed by atoms with Crippen LogP contribution >= 0.6 is 0 Å². The van der Waals surface area contributed by atoms with Gasteiger partial charge < -0.3 is 9.13 Å². The Morgan fingerprint density at radius 1 is 0.467 bits per heavy atom. The van der Waals surface area contributed by atoms with E-state index < -0.39 is 0 Å². The van der Waals surface area contributed by atoms with Gasteiger partial charge in [0.25, 0.3) is 0 Å². The van der Waals surface area contributed by atoms with E-state index in [1.807, 2.05) is 0 Å². The fourth-order valence-electron chi connectivity index (χ4n) is 7.49. The summed E-state index contributed by atoms with van der Waals surface area (Å²) in [4.78, 5) is 5.35. The topological polar surface area (TPSA) is 22.8 Å². The van der Waals surface area contributed by atoms with E-state index in [4.69, 9.17) is 4.98 Å². The molecule has 3 aromatic heterocycles. The van der Waals surface area contributed by atoms with Crippen molar-refractivity contribution in [2.45, 2.75) is 6.04 Å². The second-order valence-electron chi connectivity index (χ2n) is 11.9. The van der Waals surface area contributed by atoms with Crippen LogP contribution in [0.15, 0.2) is 158 Å². The molecule has 210 valence electrons. The zero-order valence-corrected chi connectivity index (χ0v) is 24.4. The quantitative estimate of drug-likeness (QED) is 0.205. The average molecular weight is 574 g/mol. The Bertz CT molecular complexity index is 2580. The lowest BCUT2D eigenvalue weighted by Crippen LogP contribution is -2.00. The van der Waals surface area contributed by atoms with Crippen LogP contribution < -0.4 is 0 Å². The molecule has 9 aromatic rings. The number of aromatic nitrogens is 3. The SMILES string of the molecule is c1ccc(-c2cc(-c3ccccc3)c3c(n2)C3n2c3ccccc3c3ccc4c5ccccc5n(-c5ccccc5)c4c32)cc1. The highest BCUT2D eigenvalue weighted by atomic mass is 15.1. The normalized spacial score (nSPS) is 14.0. The Balaban J connectivity index is 1.34. The van der Waals surface area contributed by atoms with Crippen LogP contribution in [0.5, 0.6) is 0 Å². The van der Waals surface area contributed by atoms with Crippen LogP contribution in [-0.2, 0) is 0 Å². The maximum absolute atomic E-state index is 5.35. The third kappa shape index (κ3) is 3.49. The van der Waals surface area contributed by atoms with E-state index in [-0.39, 0.29) is 6.04 Å². The van der Waals surface area contributed by atoms with Crippen molar-refractivity contribution in [3.63, 3.8) is 0 Å². The van der Waals surface area contributed by atoms with Crippen LogP contribution in [-0.4, -0.2) is 14.1 Å². The Hall–Kier alpha value is -5.93. The predicted molar refractivity (Wildman–Crippen MR) is 186 cm³/mol. The largest absolute Gasteiger partial charge is 0.325 e. The van der Waals surface area contributed by atoms with E-state index in [2.05, 4.69) is 167 Å². The van der Waals surface area contributed by atoms with E-state index in [0.717, 1.165) is 22.6 Å². The summed E-state index contributed by atoms with van der Waals surface area (Å²) in [5.41, 5.74) is 13.2. The van der Waals surface area contributed by atoms with Crippen LogP contribution in [0.4, 0.5) is 0 Å². The third-order valence-corrected chi connectivity index (χ3v) is 9.47. The van der Waals surface area contributed by atoms with Crippen LogP contribution in [0.1, 0.15) is 17.3 Å². The minimum Gasteiger partial charge on any atom is -0.325 e. The summed E-state index contributed by atoms with van der Waals surface area (Å²) in [7, 11) is 0. The fraction of sp³-hybridized carbons (Fsp3) is 0.0238. The van der Waals surface area contributed by atoms with Crippen molar-refractivity contribution in [2.24, 2.45) is 0 Å². The maximum Gasteiger partial charge on any atom is 0.104 e. The van der Waals surface area contributed by atoms with Crippen molar-refractivity contribution in [1.82, 2.24) is 14.1 Å². The molecule has 45 heavy (non-hydrogen) atoms. The summed E-state index contributed by atoms with van der Waals surface area (Å²) in [5, 5.41) is 5.05. The summed E-state index contributed by atoms with van der Waals surface area (Å²) < 4.78 is 5.03. The molecule has 1 unspecified atom stereocenters. The molecule has 0 radical (unpaired) electrons. The summed E-state index contributed by atoms with van der Waals surface area (Å²) in [6.07, 6.45) is 0. The summed E-state index contributed by atoms with van der Waals surface area (Å²) >= 11 is 0. The Morgan fingerprint density at radius 3 is 1.73 bits per heavy atom. The van der Waals surface area contributed by atoms with Gasteiger partial charge in [0.05, 0.1) is 33.5 Å². The summed E-state index contributed by atoms with van der Waals surface area (Å²) in [6.45, 7) is 0. The minimum absolute atomic E-state index is 0.0351. The van der Waals surface area contributed by atoms with Gasteiger partial charge in [0.15, 0.2) is 0 Å². The first-order valence-corrected chi connectivity index (χ1v) is 15.5. The molecule has 0 spiro atoms. The van der Waals surface area contributed by atoms with E-state index in [1.165, 1.54) is 60.3 Å². The number of hydrogen-bond donors (Lipinski definition) is 0. The van der Waals surface area contributed by atoms with Gasteiger partial charge in [-0.05, 0) is 41.5 Å². The highest BCUT2D eigenvalue weighted by molar-refractivity contribution is 6.23. The number of benzene rings is 6. The van der Waals surface area contributed by atoms with E-state index >= 15 is 0 Å². The van der Waals surface area contributed by atoms with Crippen molar-refractivity contribution in [2.75, 3.05) is 0 Å². The first-order chi connectivity index (χ1) is 22.4. The molecule has 1 aliphatic rings. The Morgan fingerprint density at radius 2 is 1.02 bits per heavy atom. The second-order valence-corrected chi connectivity index (χ2v) is 11.9. The predicted octanol–water partition coefficient (Wildman–Crippen LogP) is 10.6.